The van der Waals surface area contributed by atoms with Crippen LogP contribution in [0.3, 0.4) is 0 Å². The molecule has 0 amide bonds. The fraction of sp³-hybridized carbons (Fsp3) is 0.600. The minimum absolute atomic E-state index is 0.459. The monoisotopic (exact) mass is 226 g/mol. The van der Waals surface area contributed by atoms with Crippen LogP contribution in [0.1, 0.15) is 12.6 Å². The van der Waals surface area contributed by atoms with E-state index >= 15 is 0 Å². The van der Waals surface area contributed by atoms with Gasteiger partial charge in [0.25, 0.3) is 0 Å². The summed E-state index contributed by atoms with van der Waals surface area (Å²) in [7, 11) is 4.12. The van der Waals surface area contributed by atoms with Crippen molar-refractivity contribution >= 4 is 17.6 Å². The Balaban J connectivity index is 2.63. The Morgan fingerprint density at radius 3 is 2.67 bits per heavy atom. The highest BCUT2D eigenvalue weighted by Gasteiger charge is 2.08. The summed E-state index contributed by atoms with van der Waals surface area (Å²) in [5.41, 5.74) is 6.58. The number of nitrogens with two attached hydrogens (primary N) is 1. The van der Waals surface area contributed by atoms with Crippen molar-refractivity contribution in [2.75, 3.05) is 26.4 Å². The molecule has 0 aromatic carbocycles. The predicted octanol–water partition coefficient (Wildman–Crippen LogP) is 1.41. The molecule has 1 aromatic heterocycles. The Morgan fingerprint density at radius 2 is 2.13 bits per heavy atom. The largest absolute Gasteiger partial charge is 0.384 e. The van der Waals surface area contributed by atoms with E-state index in [1.165, 1.54) is 0 Å². The van der Waals surface area contributed by atoms with Gasteiger partial charge in [0.15, 0.2) is 5.16 Å². The fourth-order valence-electron chi connectivity index (χ4n) is 1.35. The van der Waals surface area contributed by atoms with Crippen LogP contribution in [0, 0.1) is 6.92 Å². The molecule has 0 spiro atoms. The first-order valence-electron chi connectivity index (χ1n) is 4.90. The van der Waals surface area contributed by atoms with Gasteiger partial charge < -0.3 is 10.6 Å². The molecule has 1 unspecified atom stereocenters. The van der Waals surface area contributed by atoms with E-state index in [1.807, 2.05) is 6.92 Å². The topological polar surface area (TPSA) is 55.0 Å². The molecule has 1 rings (SSSR count). The zero-order chi connectivity index (χ0) is 11.4. The van der Waals surface area contributed by atoms with E-state index in [4.69, 9.17) is 5.73 Å². The lowest BCUT2D eigenvalue weighted by Crippen LogP contribution is -2.21. The lowest BCUT2D eigenvalue weighted by atomic mass is 10.4. The maximum Gasteiger partial charge on any atom is 0.190 e. The minimum Gasteiger partial charge on any atom is -0.384 e. The summed E-state index contributed by atoms with van der Waals surface area (Å²) in [6.07, 6.45) is 0. The van der Waals surface area contributed by atoms with E-state index in [1.54, 1.807) is 17.8 Å². The van der Waals surface area contributed by atoms with Crippen molar-refractivity contribution in [2.24, 2.45) is 0 Å². The summed E-state index contributed by atoms with van der Waals surface area (Å²) in [5, 5.41) is 1.23. The van der Waals surface area contributed by atoms with Crippen LogP contribution in [-0.4, -0.2) is 40.8 Å². The summed E-state index contributed by atoms with van der Waals surface area (Å²) in [5.74, 6) is 0.544. The third kappa shape index (κ3) is 4.48. The van der Waals surface area contributed by atoms with Gasteiger partial charge in [-0.2, -0.15) is 0 Å². The molecule has 5 heteroatoms. The van der Waals surface area contributed by atoms with Crippen LogP contribution in [0.5, 0.6) is 0 Å². The molecule has 0 saturated carbocycles. The molecular weight excluding hydrogens is 208 g/mol. The molecule has 4 nitrogen and oxygen atoms in total. The molecule has 1 aromatic rings. The Kier molecular flexibility index (Phi) is 4.35. The fourth-order valence-corrected chi connectivity index (χ4v) is 2.44. The smallest absolute Gasteiger partial charge is 0.190 e. The Labute approximate surface area is 95.3 Å². The van der Waals surface area contributed by atoms with Crippen molar-refractivity contribution in [3.8, 4) is 0 Å². The third-order valence-corrected chi connectivity index (χ3v) is 2.73. The number of hydrogen-bond acceptors (Lipinski definition) is 5. The van der Waals surface area contributed by atoms with Crippen LogP contribution in [0.2, 0.25) is 0 Å². The normalized spacial score (nSPS) is 13.1. The number of nitrogen functional groups attached to an aromatic ring is 1. The highest BCUT2D eigenvalue weighted by atomic mass is 32.2. The highest BCUT2D eigenvalue weighted by molar-refractivity contribution is 7.99. The standard InChI is InChI=1S/C10H18N4S/c1-7-5-9(11)13-10(12-7)15-8(2)6-14(3)4/h5,8H,6H2,1-4H3,(H2,11,12,13). The molecule has 0 radical (unpaired) electrons. The quantitative estimate of drug-likeness (QED) is 0.621. The van der Waals surface area contributed by atoms with E-state index in [9.17, 15) is 0 Å². The molecule has 84 valence electrons. The van der Waals surface area contributed by atoms with E-state index in [-0.39, 0.29) is 0 Å². The Hall–Kier alpha value is -0.810. The van der Waals surface area contributed by atoms with Gasteiger partial charge in [-0.25, -0.2) is 9.97 Å². The summed E-state index contributed by atoms with van der Waals surface area (Å²) >= 11 is 1.66. The van der Waals surface area contributed by atoms with E-state index < -0.39 is 0 Å². The maximum absolute atomic E-state index is 5.66. The Bertz CT molecular complexity index is 307. The average molecular weight is 226 g/mol. The summed E-state index contributed by atoms with van der Waals surface area (Å²) < 4.78 is 0. The summed E-state index contributed by atoms with van der Waals surface area (Å²) in [6, 6.07) is 1.78. The number of rotatable bonds is 4. The van der Waals surface area contributed by atoms with Gasteiger partial charge in [0.1, 0.15) is 5.82 Å². The highest BCUT2D eigenvalue weighted by Crippen LogP contribution is 2.20. The molecule has 2 N–H and O–H groups in total. The van der Waals surface area contributed by atoms with Gasteiger partial charge >= 0.3 is 0 Å². The molecule has 0 aliphatic heterocycles. The number of nitrogens with zero attached hydrogens (tertiary/aromatic N) is 3. The first-order chi connectivity index (χ1) is 6.97. The molecule has 1 heterocycles. The molecule has 15 heavy (non-hydrogen) atoms. The van der Waals surface area contributed by atoms with Gasteiger partial charge in [-0.15, -0.1) is 0 Å². The molecule has 0 saturated heterocycles. The number of aryl methyl sites for hydroxylation is 1. The van der Waals surface area contributed by atoms with Crippen molar-refractivity contribution in [2.45, 2.75) is 24.3 Å². The maximum atomic E-state index is 5.66. The minimum atomic E-state index is 0.459. The zero-order valence-electron chi connectivity index (χ0n) is 9.69. The number of aromatic nitrogens is 2. The first kappa shape index (κ1) is 12.3. The predicted molar refractivity (Wildman–Crippen MR) is 65.1 cm³/mol. The molecule has 0 fully saturated rings. The molecule has 0 aliphatic carbocycles. The second kappa shape index (κ2) is 5.32. The van der Waals surface area contributed by atoms with Crippen molar-refractivity contribution in [1.82, 2.24) is 14.9 Å². The SMILES string of the molecule is Cc1cc(N)nc(SC(C)CN(C)C)n1. The third-order valence-electron chi connectivity index (χ3n) is 1.78. The lowest BCUT2D eigenvalue weighted by Gasteiger charge is -2.15. The van der Waals surface area contributed by atoms with Crippen molar-refractivity contribution in [3.63, 3.8) is 0 Å². The van der Waals surface area contributed by atoms with Gasteiger partial charge in [-0.1, -0.05) is 18.7 Å². The average Bonchev–Trinajstić information content (AvgIpc) is 1.98. The van der Waals surface area contributed by atoms with Gasteiger partial charge in [0.05, 0.1) is 0 Å². The first-order valence-corrected chi connectivity index (χ1v) is 5.78. The van der Waals surface area contributed by atoms with Crippen LogP contribution < -0.4 is 5.73 Å². The van der Waals surface area contributed by atoms with E-state index in [2.05, 4.69) is 35.9 Å². The van der Waals surface area contributed by atoms with Gasteiger partial charge in [0, 0.05) is 23.6 Å². The number of hydrogen-bond donors (Lipinski definition) is 1. The van der Waals surface area contributed by atoms with Crippen LogP contribution in [0.4, 0.5) is 5.82 Å². The Morgan fingerprint density at radius 1 is 1.47 bits per heavy atom. The van der Waals surface area contributed by atoms with Crippen LogP contribution >= 0.6 is 11.8 Å². The van der Waals surface area contributed by atoms with Crippen molar-refractivity contribution in [3.05, 3.63) is 11.8 Å². The van der Waals surface area contributed by atoms with Crippen LogP contribution in [0.25, 0.3) is 0 Å². The van der Waals surface area contributed by atoms with Gasteiger partial charge in [-0.05, 0) is 21.0 Å². The summed E-state index contributed by atoms with van der Waals surface area (Å²) in [6.45, 7) is 5.09. The van der Waals surface area contributed by atoms with Gasteiger partial charge in [0.2, 0.25) is 0 Å². The van der Waals surface area contributed by atoms with Crippen LogP contribution in [0.15, 0.2) is 11.2 Å². The van der Waals surface area contributed by atoms with Gasteiger partial charge in [-0.3, -0.25) is 0 Å². The lowest BCUT2D eigenvalue weighted by molar-refractivity contribution is 0.413. The molecular formula is C10H18N4S. The summed E-state index contributed by atoms with van der Waals surface area (Å²) in [4.78, 5) is 10.7. The number of thioether (sulfide) groups is 1. The van der Waals surface area contributed by atoms with E-state index in [0.717, 1.165) is 17.4 Å². The zero-order valence-corrected chi connectivity index (χ0v) is 10.5. The molecule has 0 bridgehead atoms. The van der Waals surface area contributed by atoms with Crippen molar-refractivity contribution in [1.29, 1.82) is 0 Å². The van der Waals surface area contributed by atoms with E-state index in [0.29, 0.717) is 11.1 Å². The molecule has 0 aliphatic rings. The van der Waals surface area contributed by atoms with Crippen molar-refractivity contribution < 1.29 is 0 Å². The molecule has 1 atom stereocenters. The van der Waals surface area contributed by atoms with Crippen LogP contribution in [-0.2, 0) is 0 Å². The second-order valence-electron chi connectivity index (χ2n) is 3.91. The second-order valence-corrected chi connectivity index (χ2v) is 5.31. The number of anilines is 1.